The van der Waals surface area contributed by atoms with Gasteiger partial charge in [0.1, 0.15) is 0 Å². The predicted molar refractivity (Wildman–Crippen MR) is 89.6 cm³/mol. The number of aliphatic hydroxyl groups is 1. The van der Waals surface area contributed by atoms with Gasteiger partial charge in [-0.25, -0.2) is 0 Å². The van der Waals surface area contributed by atoms with Crippen molar-refractivity contribution in [2.75, 3.05) is 44.2 Å². The summed E-state index contributed by atoms with van der Waals surface area (Å²) < 4.78 is 5.63. The third-order valence-corrected chi connectivity index (χ3v) is 3.93. The molecule has 1 aromatic heterocycles. The molecule has 1 fully saturated rings. The summed E-state index contributed by atoms with van der Waals surface area (Å²) in [5.41, 5.74) is 0.825. The summed E-state index contributed by atoms with van der Waals surface area (Å²) in [5, 5.41) is 10.8. The molecule has 5 nitrogen and oxygen atoms in total. The number of ether oxygens (including phenoxy) is 1. The second-order valence-electron chi connectivity index (χ2n) is 6.69. The molecular formula is C16H26ClN3O2. The summed E-state index contributed by atoms with van der Waals surface area (Å²) in [7, 11) is 0. The molecule has 0 amide bonds. The van der Waals surface area contributed by atoms with E-state index in [4.69, 9.17) is 16.3 Å². The number of nitrogens with zero attached hydrogens (tertiary/aromatic N) is 3. The molecule has 1 atom stereocenters. The van der Waals surface area contributed by atoms with Crippen LogP contribution in [0.3, 0.4) is 0 Å². The molecule has 22 heavy (non-hydrogen) atoms. The van der Waals surface area contributed by atoms with E-state index in [1.54, 1.807) is 12.4 Å². The molecule has 2 heterocycles. The van der Waals surface area contributed by atoms with Crippen LogP contribution < -0.4 is 4.90 Å². The van der Waals surface area contributed by atoms with E-state index in [-0.39, 0.29) is 5.60 Å². The number of aromatic nitrogens is 1. The average Bonchev–Trinajstić information content (AvgIpc) is 2.46. The van der Waals surface area contributed by atoms with Crippen molar-refractivity contribution in [3.8, 4) is 0 Å². The van der Waals surface area contributed by atoms with Crippen LogP contribution in [-0.2, 0) is 4.74 Å². The van der Waals surface area contributed by atoms with Crippen molar-refractivity contribution >= 4 is 17.3 Å². The molecule has 1 aromatic rings. The van der Waals surface area contributed by atoms with E-state index in [0.29, 0.717) is 18.2 Å². The first kappa shape index (κ1) is 17.5. The van der Waals surface area contributed by atoms with Gasteiger partial charge < -0.3 is 14.7 Å². The van der Waals surface area contributed by atoms with Gasteiger partial charge >= 0.3 is 0 Å². The standard InChI is InChI=1S/C16H26ClN3O2/c1-16(2,3)22-12-13(21)11-19-6-8-20(9-7-19)15-4-5-18-10-14(15)17/h4-5,10,13,21H,6-9,11-12H2,1-3H3. The van der Waals surface area contributed by atoms with Crippen molar-refractivity contribution in [1.29, 1.82) is 0 Å². The lowest BCUT2D eigenvalue weighted by atomic mass is 10.2. The molecule has 0 spiro atoms. The molecule has 2 rings (SSSR count). The van der Waals surface area contributed by atoms with Crippen molar-refractivity contribution in [1.82, 2.24) is 9.88 Å². The zero-order valence-electron chi connectivity index (χ0n) is 13.6. The van der Waals surface area contributed by atoms with Crippen LogP contribution in [0.5, 0.6) is 0 Å². The summed E-state index contributed by atoms with van der Waals surface area (Å²) in [5.74, 6) is 0. The van der Waals surface area contributed by atoms with Gasteiger partial charge in [-0.2, -0.15) is 0 Å². The maximum absolute atomic E-state index is 10.1. The van der Waals surface area contributed by atoms with Gasteiger partial charge in [-0.15, -0.1) is 0 Å². The number of hydrogen-bond donors (Lipinski definition) is 1. The van der Waals surface area contributed by atoms with Crippen molar-refractivity contribution in [3.63, 3.8) is 0 Å². The second-order valence-corrected chi connectivity index (χ2v) is 7.10. The first-order valence-corrected chi connectivity index (χ1v) is 8.12. The molecule has 0 saturated carbocycles. The lowest BCUT2D eigenvalue weighted by Gasteiger charge is -2.37. The Bertz CT molecular complexity index is 471. The fourth-order valence-electron chi connectivity index (χ4n) is 2.49. The average molecular weight is 328 g/mol. The van der Waals surface area contributed by atoms with Crippen LogP contribution in [-0.4, -0.2) is 66.0 Å². The van der Waals surface area contributed by atoms with Crippen LogP contribution in [0, 0.1) is 0 Å². The third kappa shape index (κ3) is 5.39. The number of halogens is 1. The second kappa shape index (κ2) is 7.59. The summed E-state index contributed by atoms with van der Waals surface area (Å²) in [6, 6.07) is 1.95. The Morgan fingerprint density at radius 3 is 2.59 bits per heavy atom. The van der Waals surface area contributed by atoms with E-state index < -0.39 is 6.10 Å². The largest absolute Gasteiger partial charge is 0.389 e. The van der Waals surface area contributed by atoms with E-state index >= 15 is 0 Å². The Morgan fingerprint density at radius 2 is 2.00 bits per heavy atom. The quantitative estimate of drug-likeness (QED) is 0.896. The monoisotopic (exact) mass is 327 g/mol. The molecule has 1 aliphatic rings. The minimum absolute atomic E-state index is 0.211. The predicted octanol–water partition coefficient (Wildman–Crippen LogP) is 2.03. The van der Waals surface area contributed by atoms with E-state index in [0.717, 1.165) is 31.9 Å². The fourth-order valence-corrected chi connectivity index (χ4v) is 2.73. The highest BCUT2D eigenvalue weighted by molar-refractivity contribution is 6.33. The Morgan fingerprint density at radius 1 is 1.32 bits per heavy atom. The Balaban J connectivity index is 1.77. The molecule has 6 heteroatoms. The van der Waals surface area contributed by atoms with Gasteiger partial charge in [0.05, 0.1) is 29.0 Å². The number of anilines is 1. The highest BCUT2D eigenvalue weighted by Crippen LogP contribution is 2.25. The van der Waals surface area contributed by atoms with Crippen LogP contribution in [0.1, 0.15) is 20.8 Å². The van der Waals surface area contributed by atoms with Gasteiger partial charge in [0.25, 0.3) is 0 Å². The van der Waals surface area contributed by atoms with Crippen molar-refractivity contribution in [2.45, 2.75) is 32.5 Å². The topological polar surface area (TPSA) is 48.8 Å². The van der Waals surface area contributed by atoms with Crippen LogP contribution in [0.2, 0.25) is 5.02 Å². The molecule has 0 aromatic carbocycles. The van der Waals surface area contributed by atoms with E-state index in [1.807, 2.05) is 26.8 Å². The van der Waals surface area contributed by atoms with E-state index in [2.05, 4.69) is 14.8 Å². The molecule has 0 radical (unpaired) electrons. The lowest BCUT2D eigenvalue weighted by molar-refractivity contribution is -0.0563. The zero-order valence-corrected chi connectivity index (χ0v) is 14.4. The number of hydrogen-bond acceptors (Lipinski definition) is 5. The van der Waals surface area contributed by atoms with Gasteiger partial charge in [0.2, 0.25) is 0 Å². The number of aliphatic hydroxyl groups excluding tert-OH is 1. The zero-order chi connectivity index (χ0) is 16.2. The fraction of sp³-hybridized carbons (Fsp3) is 0.688. The highest BCUT2D eigenvalue weighted by Gasteiger charge is 2.21. The molecule has 0 aliphatic carbocycles. The summed E-state index contributed by atoms with van der Waals surface area (Å²) in [4.78, 5) is 8.55. The van der Waals surface area contributed by atoms with Gasteiger partial charge in [0, 0.05) is 45.1 Å². The van der Waals surface area contributed by atoms with Crippen LogP contribution in [0.15, 0.2) is 18.5 Å². The lowest BCUT2D eigenvalue weighted by Crippen LogP contribution is -2.49. The van der Waals surface area contributed by atoms with Gasteiger partial charge in [-0.05, 0) is 26.8 Å². The van der Waals surface area contributed by atoms with Crippen molar-refractivity contribution < 1.29 is 9.84 Å². The summed E-state index contributed by atoms with van der Waals surface area (Å²) in [6.45, 7) is 10.6. The highest BCUT2D eigenvalue weighted by atomic mass is 35.5. The Hall–Kier alpha value is -0.880. The van der Waals surface area contributed by atoms with Crippen LogP contribution in [0.4, 0.5) is 5.69 Å². The third-order valence-electron chi connectivity index (χ3n) is 3.64. The maximum atomic E-state index is 10.1. The Labute approximate surface area is 137 Å². The number of piperazine rings is 1. The number of β-amino-alcohol motifs (C(OH)–C–C–N with tert-alkyl or cyclic N) is 1. The normalized spacial score (nSPS) is 18.5. The minimum atomic E-state index is -0.449. The molecule has 0 bridgehead atoms. The molecule has 1 N–H and O–H groups in total. The maximum Gasteiger partial charge on any atom is 0.0900 e. The summed E-state index contributed by atoms with van der Waals surface area (Å²) >= 11 is 6.19. The molecule has 124 valence electrons. The van der Waals surface area contributed by atoms with Gasteiger partial charge in [-0.3, -0.25) is 9.88 Å². The van der Waals surface area contributed by atoms with E-state index in [9.17, 15) is 5.11 Å². The molecule has 1 unspecified atom stereocenters. The van der Waals surface area contributed by atoms with Gasteiger partial charge in [0.15, 0.2) is 0 Å². The van der Waals surface area contributed by atoms with E-state index in [1.165, 1.54) is 0 Å². The van der Waals surface area contributed by atoms with Crippen LogP contribution in [0.25, 0.3) is 0 Å². The van der Waals surface area contributed by atoms with Crippen molar-refractivity contribution in [3.05, 3.63) is 23.5 Å². The Kier molecular flexibility index (Phi) is 6.03. The smallest absolute Gasteiger partial charge is 0.0900 e. The first-order valence-electron chi connectivity index (χ1n) is 7.74. The molecular weight excluding hydrogens is 302 g/mol. The molecule has 1 saturated heterocycles. The summed E-state index contributed by atoms with van der Waals surface area (Å²) in [6.07, 6.45) is 2.99. The van der Waals surface area contributed by atoms with Crippen LogP contribution >= 0.6 is 11.6 Å². The number of rotatable bonds is 5. The van der Waals surface area contributed by atoms with Gasteiger partial charge in [-0.1, -0.05) is 11.6 Å². The van der Waals surface area contributed by atoms with Crippen molar-refractivity contribution in [2.24, 2.45) is 0 Å². The number of pyridine rings is 1. The molecule has 1 aliphatic heterocycles. The first-order chi connectivity index (χ1) is 10.3. The minimum Gasteiger partial charge on any atom is -0.389 e. The SMILES string of the molecule is CC(C)(C)OCC(O)CN1CCN(c2ccncc2Cl)CC1.